The average molecular weight is 290 g/mol. The van der Waals surface area contributed by atoms with E-state index in [2.05, 4.69) is 0 Å². The van der Waals surface area contributed by atoms with Crippen LogP contribution in [0.4, 0.5) is 8.63 Å². The molecule has 20 heavy (non-hydrogen) atoms. The summed E-state index contributed by atoms with van der Waals surface area (Å²) in [4.78, 5) is 24.3. The van der Waals surface area contributed by atoms with Crippen LogP contribution in [-0.4, -0.2) is 18.0 Å². The van der Waals surface area contributed by atoms with Crippen LogP contribution >= 0.6 is 7.80 Å². The minimum Gasteiger partial charge on any atom is -0.289 e. The van der Waals surface area contributed by atoms with Crippen LogP contribution in [0.15, 0.2) is 60.7 Å². The van der Waals surface area contributed by atoms with Gasteiger partial charge in [0.2, 0.25) is 0 Å². The monoisotopic (exact) mass is 290 g/mol. The minimum absolute atomic E-state index is 0.142. The van der Waals surface area contributed by atoms with Crippen molar-refractivity contribution >= 4 is 25.8 Å². The summed E-state index contributed by atoms with van der Waals surface area (Å²) >= 11 is 0. The average Bonchev–Trinajstić information content (AvgIpc) is 2.48. The molecule has 0 unspecified atom stereocenters. The molecule has 100 valence electrons. The Balaban J connectivity index is 2.33. The van der Waals surface area contributed by atoms with E-state index in [0.717, 1.165) is 0 Å². The molecular formula is C14H10BF2O2P. The van der Waals surface area contributed by atoms with Crippen LogP contribution in [0, 0.1) is 0 Å². The first kappa shape index (κ1) is 14.5. The zero-order chi connectivity index (χ0) is 14.5. The molecule has 0 saturated heterocycles. The number of carbonyl (C=O) groups excluding carboxylic acids is 2. The van der Waals surface area contributed by atoms with E-state index >= 15 is 0 Å². The highest BCUT2D eigenvalue weighted by molar-refractivity contribution is 8.12. The molecule has 2 aromatic carbocycles. The third-order valence-corrected chi connectivity index (χ3v) is 4.46. The van der Waals surface area contributed by atoms with Gasteiger partial charge in [-0.2, -0.15) is 0 Å². The van der Waals surface area contributed by atoms with Gasteiger partial charge < -0.3 is 0 Å². The van der Waals surface area contributed by atoms with Crippen molar-refractivity contribution in [3.05, 3.63) is 71.8 Å². The molecule has 0 radical (unpaired) electrons. The topological polar surface area (TPSA) is 34.1 Å². The van der Waals surface area contributed by atoms with E-state index in [1.165, 1.54) is 24.3 Å². The molecule has 0 atom stereocenters. The van der Waals surface area contributed by atoms with Crippen LogP contribution in [0.25, 0.3) is 0 Å². The Hall–Kier alpha value is -1.87. The van der Waals surface area contributed by atoms with Crippen molar-refractivity contribution in [2.24, 2.45) is 0 Å². The van der Waals surface area contributed by atoms with Crippen LogP contribution in [-0.2, 0) is 0 Å². The second kappa shape index (κ2) is 6.53. The number of halogens is 2. The fourth-order valence-electron chi connectivity index (χ4n) is 1.71. The summed E-state index contributed by atoms with van der Waals surface area (Å²) in [6, 6.07) is 15.5. The van der Waals surface area contributed by atoms with Gasteiger partial charge in [0.1, 0.15) is 0 Å². The normalized spacial score (nSPS) is 10.3. The lowest BCUT2D eigenvalue weighted by Crippen LogP contribution is -2.14. The van der Waals surface area contributed by atoms with E-state index in [9.17, 15) is 18.2 Å². The molecule has 2 rings (SSSR count). The Bertz CT molecular complexity index is 554. The summed E-state index contributed by atoms with van der Waals surface area (Å²) in [5, 5.41) is 0. The molecule has 0 spiro atoms. The molecule has 0 amide bonds. The van der Waals surface area contributed by atoms with Gasteiger partial charge in [-0.05, 0) is 0 Å². The smallest absolute Gasteiger partial charge is 0.289 e. The minimum atomic E-state index is -2.97. The SMILES string of the molecule is O=C(c1ccccc1)P(B(F)F)C(=O)c1ccccc1. The maximum absolute atomic E-state index is 13.2. The second-order valence-electron chi connectivity index (χ2n) is 3.99. The van der Waals surface area contributed by atoms with Gasteiger partial charge in [-0.25, -0.2) is 0 Å². The maximum atomic E-state index is 13.2. The summed E-state index contributed by atoms with van der Waals surface area (Å²) in [6.07, 6.45) is 0. The van der Waals surface area contributed by atoms with Gasteiger partial charge in [-0.1, -0.05) is 60.7 Å². The van der Waals surface area contributed by atoms with Gasteiger partial charge in [0.25, 0.3) is 0 Å². The lowest BCUT2D eigenvalue weighted by molar-refractivity contribution is 0.105. The van der Waals surface area contributed by atoms with E-state index in [4.69, 9.17) is 0 Å². The third kappa shape index (κ3) is 3.17. The summed E-state index contributed by atoms with van der Waals surface area (Å²) in [5.41, 5.74) is -1.29. The number of carbonyl (C=O) groups is 2. The molecule has 0 bridgehead atoms. The standard InChI is InChI=1S/C14H10BF2O2P/c16-15(17)20(13(18)11-7-3-1-4-8-11)14(19)12-9-5-2-6-10-12/h1-10H. The van der Waals surface area contributed by atoms with Crippen LogP contribution in [0.5, 0.6) is 0 Å². The Kier molecular flexibility index (Phi) is 4.75. The molecule has 2 nitrogen and oxygen atoms in total. The van der Waals surface area contributed by atoms with Crippen molar-refractivity contribution in [3.63, 3.8) is 0 Å². The molecule has 0 fully saturated rings. The quantitative estimate of drug-likeness (QED) is 0.614. The van der Waals surface area contributed by atoms with Crippen LogP contribution < -0.4 is 0 Å². The zero-order valence-corrected chi connectivity index (χ0v) is 11.3. The van der Waals surface area contributed by atoms with Crippen LogP contribution in [0.3, 0.4) is 0 Å². The van der Waals surface area contributed by atoms with Crippen molar-refractivity contribution in [2.45, 2.75) is 0 Å². The van der Waals surface area contributed by atoms with E-state index in [1.54, 1.807) is 36.4 Å². The van der Waals surface area contributed by atoms with Crippen molar-refractivity contribution in [1.82, 2.24) is 0 Å². The van der Waals surface area contributed by atoms with Crippen LogP contribution in [0.1, 0.15) is 20.7 Å². The molecule has 2 aromatic rings. The summed E-state index contributed by atoms with van der Waals surface area (Å²) in [6.45, 7) is -2.97. The molecule has 0 aliphatic heterocycles. The predicted molar refractivity (Wildman–Crippen MR) is 76.4 cm³/mol. The second-order valence-corrected chi connectivity index (χ2v) is 5.93. The molecule has 0 aromatic heterocycles. The molecule has 0 saturated carbocycles. The van der Waals surface area contributed by atoms with Crippen molar-refractivity contribution in [1.29, 1.82) is 0 Å². The number of benzene rings is 2. The van der Waals surface area contributed by atoms with E-state index < -0.39 is 25.8 Å². The fourth-order valence-corrected chi connectivity index (χ4v) is 3.10. The maximum Gasteiger partial charge on any atom is 0.579 e. The molecular weight excluding hydrogens is 280 g/mol. The molecule has 0 heterocycles. The van der Waals surface area contributed by atoms with Crippen molar-refractivity contribution in [3.8, 4) is 0 Å². The van der Waals surface area contributed by atoms with E-state index in [1.807, 2.05) is 0 Å². The Morgan fingerprint density at radius 1 is 0.750 bits per heavy atom. The van der Waals surface area contributed by atoms with Gasteiger partial charge in [-0.15, -0.1) is 0 Å². The van der Waals surface area contributed by atoms with Crippen molar-refractivity contribution < 1.29 is 18.2 Å². The van der Waals surface area contributed by atoms with E-state index in [0.29, 0.717) is 0 Å². The van der Waals surface area contributed by atoms with Gasteiger partial charge in [-0.3, -0.25) is 18.2 Å². The lowest BCUT2D eigenvalue weighted by atomic mass is 10.2. The lowest BCUT2D eigenvalue weighted by Gasteiger charge is -2.12. The summed E-state index contributed by atoms with van der Waals surface area (Å²) < 4.78 is 26.3. The predicted octanol–water partition coefficient (Wildman–Crippen LogP) is 4.07. The number of hydrogen-bond donors (Lipinski definition) is 0. The first-order valence-corrected chi connectivity index (χ1v) is 7.28. The molecule has 0 N–H and O–H groups in total. The largest absolute Gasteiger partial charge is 0.579 e. The highest BCUT2D eigenvalue weighted by Gasteiger charge is 2.41. The first-order valence-electron chi connectivity index (χ1n) is 5.87. The van der Waals surface area contributed by atoms with Crippen molar-refractivity contribution in [2.75, 3.05) is 0 Å². The number of rotatable bonds is 5. The Morgan fingerprint density at radius 3 is 1.40 bits per heavy atom. The summed E-state index contributed by atoms with van der Waals surface area (Å²) in [5.74, 6) is 0. The van der Waals surface area contributed by atoms with Gasteiger partial charge >= 0.3 is 6.99 Å². The van der Waals surface area contributed by atoms with E-state index in [-0.39, 0.29) is 11.1 Å². The Labute approximate surface area is 116 Å². The first-order chi connectivity index (χ1) is 9.61. The molecule has 6 heteroatoms. The highest BCUT2D eigenvalue weighted by atomic mass is 31.1. The third-order valence-electron chi connectivity index (χ3n) is 2.67. The highest BCUT2D eigenvalue weighted by Crippen LogP contribution is 2.46. The van der Waals surface area contributed by atoms with Gasteiger partial charge in [0, 0.05) is 11.1 Å². The van der Waals surface area contributed by atoms with Gasteiger partial charge in [0.05, 0.1) is 7.80 Å². The molecule has 0 aliphatic carbocycles. The Morgan fingerprint density at radius 2 is 1.10 bits per heavy atom. The zero-order valence-electron chi connectivity index (χ0n) is 10.4. The van der Waals surface area contributed by atoms with Crippen LogP contribution in [0.2, 0.25) is 0 Å². The molecule has 0 aliphatic rings. The fraction of sp³-hybridized carbons (Fsp3) is 0. The number of hydrogen-bond acceptors (Lipinski definition) is 2. The van der Waals surface area contributed by atoms with Gasteiger partial charge in [0.15, 0.2) is 11.0 Å². The summed E-state index contributed by atoms with van der Waals surface area (Å²) in [7, 11) is -2.71.